The fourth-order valence-corrected chi connectivity index (χ4v) is 1.83. The van der Waals surface area contributed by atoms with Crippen molar-refractivity contribution in [2.45, 2.75) is 10.9 Å². The fraction of sp³-hybridized carbons (Fsp3) is 0.222. The molecule has 1 heterocycles. The molecule has 0 aliphatic carbocycles. The highest BCUT2D eigenvalue weighted by Gasteiger charge is 2.26. The molecule has 0 saturated carbocycles. The molecule has 3 nitrogen and oxygen atoms in total. The molecule has 0 spiro atoms. The molecule has 3 N–H and O–H groups in total. The fourth-order valence-electron chi connectivity index (χ4n) is 1.39. The summed E-state index contributed by atoms with van der Waals surface area (Å²) in [6.45, 7) is 0. The van der Waals surface area contributed by atoms with E-state index in [2.05, 4.69) is 5.32 Å². The van der Waals surface area contributed by atoms with Crippen LogP contribution in [-0.4, -0.2) is 12.2 Å². The van der Waals surface area contributed by atoms with Gasteiger partial charge >= 0.3 is 0 Å². The van der Waals surface area contributed by atoms with Gasteiger partial charge in [-0.2, -0.15) is 0 Å². The Morgan fingerprint density at radius 2 is 2.31 bits per heavy atom. The van der Waals surface area contributed by atoms with E-state index in [1.54, 1.807) is 11.8 Å². The summed E-state index contributed by atoms with van der Waals surface area (Å²) in [5.41, 5.74) is 7.41. The number of nitrogens with two attached hydrogens (primary N) is 1. The highest BCUT2D eigenvalue weighted by Crippen LogP contribution is 2.32. The number of thioether (sulfide) groups is 1. The first kappa shape index (κ1) is 8.59. The molecule has 1 atom stereocenters. The lowest BCUT2D eigenvalue weighted by molar-refractivity contribution is -0.116. The van der Waals surface area contributed by atoms with Crippen molar-refractivity contribution >= 4 is 23.4 Å². The number of amides is 1. The number of carbonyl (C=O) groups excluding carboxylic acids is 1. The first-order valence-electron chi connectivity index (χ1n) is 3.97. The molecule has 0 radical (unpaired) electrons. The van der Waals surface area contributed by atoms with Crippen LogP contribution in [-0.2, 0) is 4.79 Å². The Morgan fingerprint density at radius 3 is 3.00 bits per heavy atom. The van der Waals surface area contributed by atoms with Crippen LogP contribution < -0.4 is 11.1 Å². The van der Waals surface area contributed by atoms with Gasteiger partial charge in [0.05, 0.1) is 0 Å². The number of rotatable bonds is 1. The van der Waals surface area contributed by atoms with Crippen molar-refractivity contribution < 1.29 is 4.79 Å². The zero-order chi connectivity index (χ0) is 9.42. The van der Waals surface area contributed by atoms with E-state index in [9.17, 15) is 4.79 Å². The van der Waals surface area contributed by atoms with E-state index >= 15 is 0 Å². The van der Waals surface area contributed by atoms with Crippen LogP contribution in [0.3, 0.4) is 0 Å². The van der Waals surface area contributed by atoms with Gasteiger partial charge in [0.25, 0.3) is 0 Å². The van der Waals surface area contributed by atoms with Crippen LogP contribution in [0.1, 0.15) is 11.6 Å². The number of hydrogen-bond donors (Lipinski definition) is 2. The zero-order valence-electron chi connectivity index (χ0n) is 7.20. The number of hydrogen-bond acceptors (Lipinski definition) is 3. The van der Waals surface area contributed by atoms with Crippen LogP contribution in [0.5, 0.6) is 0 Å². The maximum atomic E-state index is 11.2. The van der Waals surface area contributed by atoms with Crippen molar-refractivity contribution in [2.75, 3.05) is 11.6 Å². The number of nitrogens with one attached hydrogen (secondary N) is 1. The van der Waals surface area contributed by atoms with Gasteiger partial charge in [-0.15, -0.1) is 11.8 Å². The molecule has 2 rings (SSSR count). The molecule has 1 aliphatic heterocycles. The lowest BCUT2D eigenvalue weighted by Crippen LogP contribution is -2.19. The molecule has 1 amide bonds. The van der Waals surface area contributed by atoms with Crippen LogP contribution in [0.15, 0.2) is 23.1 Å². The molecule has 1 unspecified atom stereocenters. The Morgan fingerprint density at radius 1 is 1.54 bits per heavy atom. The summed E-state index contributed by atoms with van der Waals surface area (Å²) < 4.78 is 0. The Labute approximate surface area is 80.7 Å². The molecule has 0 saturated heterocycles. The molecule has 68 valence electrons. The number of carbonyl (C=O) groups is 1. The summed E-state index contributed by atoms with van der Waals surface area (Å²) >= 11 is 1.65. The zero-order valence-corrected chi connectivity index (χ0v) is 8.02. The van der Waals surface area contributed by atoms with Gasteiger partial charge in [-0.3, -0.25) is 4.79 Å². The Balaban J connectivity index is 2.46. The maximum absolute atomic E-state index is 11.2. The van der Waals surface area contributed by atoms with E-state index in [0.29, 0.717) is 0 Å². The number of benzene rings is 1. The van der Waals surface area contributed by atoms with E-state index in [1.165, 1.54) is 0 Å². The predicted molar refractivity (Wildman–Crippen MR) is 53.8 cm³/mol. The molecule has 1 aromatic carbocycles. The van der Waals surface area contributed by atoms with Crippen LogP contribution >= 0.6 is 11.8 Å². The van der Waals surface area contributed by atoms with Crippen molar-refractivity contribution in [3.05, 3.63) is 23.8 Å². The Bertz CT molecular complexity index is 365. The second-order valence-corrected chi connectivity index (χ2v) is 3.80. The van der Waals surface area contributed by atoms with Crippen molar-refractivity contribution in [3.8, 4) is 0 Å². The minimum absolute atomic E-state index is 0.117. The summed E-state index contributed by atoms with van der Waals surface area (Å²) in [4.78, 5) is 12.3. The van der Waals surface area contributed by atoms with E-state index < -0.39 is 6.04 Å². The first-order chi connectivity index (χ1) is 6.22. The van der Waals surface area contributed by atoms with Gasteiger partial charge in [-0.25, -0.2) is 0 Å². The minimum atomic E-state index is -0.495. The molecular formula is C9H10N2OS. The third-order valence-corrected chi connectivity index (χ3v) is 2.86. The average Bonchev–Trinajstić information content (AvgIpc) is 2.42. The average molecular weight is 194 g/mol. The SMILES string of the molecule is CSc1ccc2c(c1)NC(=O)C2N. The molecule has 0 bridgehead atoms. The van der Waals surface area contributed by atoms with Gasteiger partial charge in [0, 0.05) is 16.1 Å². The molecule has 1 aliphatic rings. The number of anilines is 1. The third-order valence-electron chi connectivity index (χ3n) is 2.14. The second-order valence-electron chi connectivity index (χ2n) is 2.92. The minimum Gasteiger partial charge on any atom is -0.324 e. The normalized spacial score (nSPS) is 19.8. The van der Waals surface area contributed by atoms with Crippen molar-refractivity contribution in [3.63, 3.8) is 0 Å². The van der Waals surface area contributed by atoms with Gasteiger partial charge in [-0.05, 0) is 18.4 Å². The predicted octanol–water partition coefficient (Wildman–Crippen LogP) is 1.36. The van der Waals surface area contributed by atoms with Gasteiger partial charge in [-0.1, -0.05) is 6.07 Å². The molecule has 1 aromatic rings. The van der Waals surface area contributed by atoms with E-state index in [-0.39, 0.29) is 5.91 Å². The lowest BCUT2D eigenvalue weighted by Gasteiger charge is -2.02. The molecule has 13 heavy (non-hydrogen) atoms. The highest BCUT2D eigenvalue weighted by molar-refractivity contribution is 7.98. The highest BCUT2D eigenvalue weighted by atomic mass is 32.2. The van der Waals surface area contributed by atoms with Crippen LogP contribution in [0.4, 0.5) is 5.69 Å². The number of fused-ring (bicyclic) bond motifs is 1. The van der Waals surface area contributed by atoms with Gasteiger partial charge < -0.3 is 11.1 Å². The lowest BCUT2D eigenvalue weighted by atomic mass is 10.1. The standard InChI is InChI=1S/C9H10N2OS/c1-13-5-2-3-6-7(4-5)11-9(12)8(6)10/h2-4,8H,10H2,1H3,(H,11,12). The van der Waals surface area contributed by atoms with E-state index in [0.717, 1.165) is 16.1 Å². The van der Waals surface area contributed by atoms with Crippen molar-refractivity contribution in [1.29, 1.82) is 0 Å². The summed E-state index contributed by atoms with van der Waals surface area (Å²) in [5.74, 6) is -0.117. The van der Waals surface area contributed by atoms with Crippen molar-refractivity contribution in [2.24, 2.45) is 5.73 Å². The maximum Gasteiger partial charge on any atom is 0.245 e. The summed E-state index contributed by atoms with van der Waals surface area (Å²) in [7, 11) is 0. The van der Waals surface area contributed by atoms with Gasteiger partial charge in [0.15, 0.2) is 0 Å². The molecule has 0 aromatic heterocycles. The van der Waals surface area contributed by atoms with Crippen molar-refractivity contribution in [1.82, 2.24) is 0 Å². The van der Waals surface area contributed by atoms with E-state index in [1.807, 2.05) is 24.5 Å². The summed E-state index contributed by atoms with van der Waals surface area (Å²) in [6.07, 6.45) is 2.00. The smallest absolute Gasteiger partial charge is 0.245 e. The molecular weight excluding hydrogens is 184 g/mol. The summed E-state index contributed by atoms with van der Waals surface area (Å²) in [5, 5.41) is 2.74. The third kappa shape index (κ3) is 1.32. The topological polar surface area (TPSA) is 55.1 Å². The van der Waals surface area contributed by atoms with Gasteiger partial charge in [0.2, 0.25) is 5.91 Å². The van der Waals surface area contributed by atoms with E-state index in [4.69, 9.17) is 5.73 Å². The quantitative estimate of drug-likeness (QED) is 0.664. The largest absolute Gasteiger partial charge is 0.324 e. The molecule has 0 fully saturated rings. The molecule has 4 heteroatoms. The van der Waals surface area contributed by atoms with Crippen LogP contribution in [0.25, 0.3) is 0 Å². The monoisotopic (exact) mass is 194 g/mol. The van der Waals surface area contributed by atoms with Crippen LogP contribution in [0, 0.1) is 0 Å². The van der Waals surface area contributed by atoms with Crippen LogP contribution in [0.2, 0.25) is 0 Å². The first-order valence-corrected chi connectivity index (χ1v) is 5.19. The Hall–Kier alpha value is -1.00. The summed E-state index contributed by atoms with van der Waals surface area (Å²) in [6, 6.07) is 5.34. The Kier molecular flexibility index (Phi) is 2.01. The second kappa shape index (κ2) is 3.05. The van der Waals surface area contributed by atoms with Gasteiger partial charge in [0.1, 0.15) is 6.04 Å².